The number of hydrogen-bond donors (Lipinski definition) is 7. The highest BCUT2D eigenvalue weighted by atomic mass is 35.5. The first-order valence-corrected chi connectivity index (χ1v) is 17.9. The molecule has 13 nitrogen and oxygen atoms in total. The van der Waals surface area contributed by atoms with E-state index in [2.05, 4.69) is 36.8 Å². The number of benzene rings is 3. The van der Waals surface area contributed by atoms with Gasteiger partial charge in [0.05, 0.1) is 5.52 Å². The molecule has 6 rings (SSSR count). The molecule has 0 unspecified atom stereocenters. The number of aromatic nitrogens is 2. The minimum Gasteiger partial charge on any atom is -0.465 e. The van der Waals surface area contributed by atoms with Crippen LogP contribution in [0.1, 0.15) is 60.0 Å². The van der Waals surface area contributed by atoms with Gasteiger partial charge >= 0.3 is 6.09 Å². The summed E-state index contributed by atoms with van der Waals surface area (Å²) >= 11 is 6.15. The topological polar surface area (TPSA) is 194 Å². The van der Waals surface area contributed by atoms with Crippen molar-refractivity contribution in [1.29, 1.82) is 0 Å². The van der Waals surface area contributed by atoms with Crippen molar-refractivity contribution in [3.05, 3.63) is 82.5 Å². The van der Waals surface area contributed by atoms with Crippen LogP contribution in [0.3, 0.4) is 0 Å². The van der Waals surface area contributed by atoms with Crippen molar-refractivity contribution in [3.8, 4) is 11.1 Å². The van der Waals surface area contributed by atoms with Crippen LogP contribution in [-0.2, 0) is 20.8 Å². The van der Waals surface area contributed by atoms with Gasteiger partial charge in [0.1, 0.15) is 17.2 Å². The molecular formula is C38H42ClN7O6. The van der Waals surface area contributed by atoms with Crippen LogP contribution in [0.2, 0.25) is 5.15 Å². The Bertz CT molecular complexity index is 1970. The van der Waals surface area contributed by atoms with Crippen molar-refractivity contribution in [2.75, 3.05) is 18.4 Å². The Hall–Kier alpha value is -5.43. The first-order valence-electron chi connectivity index (χ1n) is 17.5. The van der Waals surface area contributed by atoms with Gasteiger partial charge in [-0.25, -0.2) is 4.79 Å². The quantitative estimate of drug-likeness (QED) is 0.114. The number of carbonyl (C=O) groups excluding carboxylic acids is 4. The average molecular weight is 728 g/mol. The number of amides is 5. The van der Waals surface area contributed by atoms with Gasteiger partial charge in [0, 0.05) is 42.1 Å². The van der Waals surface area contributed by atoms with E-state index < -0.39 is 18.2 Å². The van der Waals surface area contributed by atoms with Gasteiger partial charge in [-0.3, -0.25) is 24.3 Å². The first-order chi connectivity index (χ1) is 25.0. The number of anilines is 1. The zero-order chi connectivity index (χ0) is 36.8. The molecule has 52 heavy (non-hydrogen) atoms. The van der Waals surface area contributed by atoms with E-state index in [4.69, 9.17) is 16.7 Å². The number of piperidine rings is 1. The molecule has 2 fully saturated rings. The van der Waals surface area contributed by atoms with Gasteiger partial charge in [0.15, 0.2) is 0 Å². The molecule has 2 atom stereocenters. The monoisotopic (exact) mass is 727 g/mol. The highest BCUT2D eigenvalue weighted by Crippen LogP contribution is 2.30. The standard InChI is InChI=1S/C38H42ClN7O6/c1-21-17-26(35(48)43-30-3-2-16-40-36(30)49)12-14-28(21)24-8-4-22(5-9-24)18-32(37(50)42-27-13-15-29-31(19-27)45-46-33(29)39)44-34(47)25-10-6-23(7-11-25)20-41-38(51)52/h4-5,8-9,12-15,17,19,23,25,30,32,41H,2-3,6-7,10-11,16,18,20H2,1H3,(H,40,49)(H,42,50)(H,43,48)(H,44,47)(H,45,46)(H,51,52)/t23?,25?,30-,32-/m0/s1. The van der Waals surface area contributed by atoms with E-state index in [9.17, 15) is 24.0 Å². The summed E-state index contributed by atoms with van der Waals surface area (Å²) in [6.45, 7) is 2.90. The molecule has 4 aromatic rings. The molecule has 1 aliphatic carbocycles. The van der Waals surface area contributed by atoms with E-state index in [1.54, 1.807) is 30.3 Å². The van der Waals surface area contributed by atoms with Crippen LogP contribution in [0.25, 0.3) is 22.0 Å². The second-order valence-corrected chi connectivity index (χ2v) is 14.0. The lowest BCUT2D eigenvalue weighted by molar-refractivity contribution is -0.130. The lowest BCUT2D eigenvalue weighted by atomic mass is 9.81. The van der Waals surface area contributed by atoms with Gasteiger partial charge in [-0.05, 0) is 104 Å². The Morgan fingerprint density at radius 2 is 1.75 bits per heavy atom. The normalized spacial score (nSPS) is 19.3. The number of H-pyrrole nitrogens is 1. The van der Waals surface area contributed by atoms with Crippen LogP contribution >= 0.6 is 11.6 Å². The maximum absolute atomic E-state index is 13.7. The van der Waals surface area contributed by atoms with Crippen molar-refractivity contribution in [3.63, 3.8) is 0 Å². The van der Waals surface area contributed by atoms with E-state index >= 15 is 0 Å². The summed E-state index contributed by atoms with van der Waals surface area (Å²) in [7, 11) is 0. The number of rotatable bonds is 11. The van der Waals surface area contributed by atoms with E-state index in [-0.39, 0.29) is 41.9 Å². The van der Waals surface area contributed by atoms with E-state index in [1.807, 2.05) is 37.3 Å². The third-order valence-electron chi connectivity index (χ3n) is 9.95. The number of aryl methyl sites for hydroxylation is 1. The molecule has 1 saturated heterocycles. The molecule has 1 aliphatic heterocycles. The Kier molecular flexibility index (Phi) is 11.4. The van der Waals surface area contributed by atoms with Crippen LogP contribution in [0.4, 0.5) is 10.5 Å². The Morgan fingerprint density at radius 3 is 2.46 bits per heavy atom. The maximum atomic E-state index is 13.7. The van der Waals surface area contributed by atoms with Crippen LogP contribution in [0.5, 0.6) is 0 Å². The number of nitrogens with one attached hydrogen (secondary N) is 6. The van der Waals surface area contributed by atoms with Crippen molar-refractivity contribution < 1.29 is 29.1 Å². The predicted molar refractivity (Wildman–Crippen MR) is 197 cm³/mol. The fraction of sp³-hybridized carbons (Fsp3) is 0.368. The summed E-state index contributed by atoms with van der Waals surface area (Å²) in [5.41, 5.74) is 5.16. The maximum Gasteiger partial charge on any atom is 0.404 e. The molecular weight excluding hydrogens is 686 g/mol. The van der Waals surface area contributed by atoms with Gasteiger partial charge in [-0.2, -0.15) is 5.10 Å². The first kappa shape index (κ1) is 36.4. The van der Waals surface area contributed by atoms with E-state index in [0.717, 1.165) is 34.1 Å². The molecule has 0 spiro atoms. The number of nitrogens with zero attached hydrogens (tertiary/aromatic N) is 1. The largest absolute Gasteiger partial charge is 0.465 e. The lowest BCUT2D eigenvalue weighted by Gasteiger charge is -2.29. The molecule has 14 heteroatoms. The second-order valence-electron chi connectivity index (χ2n) is 13.6. The van der Waals surface area contributed by atoms with Crippen molar-refractivity contribution >= 4 is 57.9 Å². The van der Waals surface area contributed by atoms with Gasteiger partial charge in [0.25, 0.3) is 5.91 Å². The van der Waals surface area contributed by atoms with Crippen molar-refractivity contribution in [2.24, 2.45) is 11.8 Å². The van der Waals surface area contributed by atoms with E-state index in [0.29, 0.717) is 67.1 Å². The molecule has 1 aromatic heterocycles. The third-order valence-corrected chi connectivity index (χ3v) is 10.2. The molecule has 0 bridgehead atoms. The molecule has 2 heterocycles. The van der Waals surface area contributed by atoms with Crippen molar-refractivity contribution in [1.82, 2.24) is 31.5 Å². The molecule has 0 radical (unpaired) electrons. The molecule has 7 N–H and O–H groups in total. The van der Waals surface area contributed by atoms with Crippen LogP contribution < -0.4 is 26.6 Å². The summed E-state index contributed by atoms with van der Waals surface area (Å²) in [5, 5.41) is 30.9. The minimum atomic E-state index is -1.06. The van der Waals surface area contributed by atoms with Crippen molar-refractivity contribution in [2.45, 2.75) is 64.0 Å². The fourth-order valence-corrected chi connectivity index (χ4v) is 7.18. The van der Waals surface area contributed by atoms with Crippen LogP contribution in [0.15, 0.2) is 60.7 Å². The van der Waals surface area contributed by atoms with Crippen LogP contribution in [0, 0.1) is 18.8 Å². The molecule has 272 valence electrons. The Labute approximate surface area is 305 Å². The summed E-state index contributed by atoms with van der Waals surface area (Å²) in [6, 6.07) is 16.9. The number of aromatic amines is 1. The Morgan fingerprint density at radius 1 is 0.981 bits per heavy atom. The summed E-state index contributed by atoms with van der Waals surface area (Å²) in [4.78, 5) is 63.1. The highest BCUT2D eigenvalue weighted by Gasteiger charge is 2.30. The van der Waals surface area contributed by atoms with Gasteiger partial charge < -0.3 is 31.7 Å². The zero-order valence-corrected chi connectivity index (χ0v) is 29.5. The number of fused-ring (bicyclic) bond motifs is 1. The molecule has 1 saturated carbocycles. The number of carbonyl (C=O) groups is 5. The minimum absolute atomic E-state index is 0.164. The molecule has 3 aromatic carbocycles. The van der Waals surface area contributed by atoms with Gasteiger partial charge in [0.2, 0.25) is 17.7 Å². The van der Waals surface area contributed by atoms with Crippen LogP contribution in [-0.4, -0.2) is 70.2 Å². The SMILES string of the molecule is Cc1cc(C(=O)N[C@H]2CCCNC2=O)ccc1-c1ccc(C[C@H](NC(=O)C2CCC(CNC(=O)O)CC2)C(=O)Nc2ccc3c(Cl)[nH]nc3c2)cc1. The lowest BCUT2D eigenvalue weighted by Crippen LogP contribution is -2.50. The van der Waals surface area contributed by atoms with Gasteiger partial charge in [-0.15, -0.1) is 0 Å². The van der Waals surface area contributed by atoms with E-state index in [1.165, 1.54) is 0 Å². The third kappa shape index (κ3) is 8.89. The molecule has 2 aliphatic rings. The number of halogens is 1. The second kappa shape index (κ2) is 16.3. The van der Waals surface area contributed by atoms with Gasteiger partial charge in [-0.1, -0.05) is 41.9 Å². The highest BCUT2D eigenvalue weighted by molar-refractivity contribution is 6.34. The molecule has 5 amide bonds. The zero-order valence-electron chi connectivity index (χ0n) is 28.8. The smallest absolute Gasteiger partial charge is 0.404 e. The summed E-state index contributed by atoms with van der Waals surface area (Å²) in [5.74, 6) is -1.16. The average Bonchev–Trinajstić information content (AvgIpc) is 3.51. The summed E-state index contributed by atoms with van der Waals surface area (Å²) < 4.78 is 0. The fourth-order valence-electron chi connectivity index (χ4n) is 6.98. The predicted octanol–water partition coefficient (Wildman–Crippen LogP) is 4.94. The Balaban J connectivity index is 1.14. The number of carboxylic acid groups (broad SMARTS) is 1. The summed E-state index contributed by atoms with van der Waals surface area (Å²) in [6.07, 6.45) is 3.24. The number of hydrogen-bond acceptors (Lipinski definition) is 6.